The largest absolute Gasteiger partial charge is 0.0654 e. The van der Waals surface area contributed by atoms with Crippen molar-refractivity contribution in [3.63, 3.8) is 0 Å². The van der Waals surface area contributed by atoms with Crippen molar-refractivity contribution in [2.75, 3.05) is 0 Å². The predicted molar refractivity (Wildman–Crippen MR) is 167 cm³/mol. The van der Waals surface area contributed by atoms with E-state index in [4.69, 9.17) is 0 Å². The lowest BCUT2D eigenvalue weighted by Crippen LogP contribution is -2.06. The second-order valence-electron chi connectivity index (χ2n) is 10.9. The molecule has 0 bridgehead atoms. The van der Waals surface area contributed by atoms with Gasteiger partial charge in [0.2, 0.25) is 0 Å². The molecular formula is C38H38. The summed E-state index contributed by atoms with van der Waals surface area (Å²) in [7, 11) is 0. The molecule has 0 aromatic heterocycles. The molecule has 0 radical (unpaired) electrons. The van der Waals surface area contributed by atoms with Gasteiger partial charge in [-0.1, -0.05) is 149 Å². The summed E-state index contributed by atoms with van der Waals surface area (Å²) >= 11 is 0. The van der Waals surface area contributed by atoms with Gasteiger partial charge < -0.3 is 0 Å². The van der Waals surface area contributed by atoms with Crippen molar-refractivity contribution >= 4 is 43.1 Å². The molecule has 6 rings (SSSR count). The van der Waals surface area contributed by atoms with Gasteiger partial charge in [-0.25, -0.2) is 0 Å². The second kappa shape index (κ2) is 11.4. The van der Waals surface area contributed by atoms with E-state index in [9.17, 15) is 0 Å². The number of rotatable bonds is 10. The molecule has 0 atom stereocenters. The summed E-state index contributed by atoms with van der Waals surface area (Å²) in [5.74, 6) is 0.331. The Labute approximate surface area is 227 Å². The average molecular weight is 495 g/mol. The fourth-order valence-corrected chi connectivity index (χ4v) is 6.59. The summed E-state index contributed by atoms with van der Waals surface area (Å²) in [6.45, 7) is 2.30. The van der Waals surface area contributed by atoms with Crippen LogP contribution in [0.1, 0.15) is 75.3 Å². The summed E-state index contributed by atoms with van der Waals surface area (Å²) < 4.78 is 0. The van der Waals surface area contributed by atoms with E-state index in [1.54, 1.807) is 0 Å². The van der Waals surface area contributed by atoms with Crippen LogP contribution in [0.3, 0.4) is 0 Å². The van der Waals surface area contributed by atoms with Gasteiger partial charge in [-0.05, 0) is 72.8 Å². The minimum Gasteiger partial charge on any atom is -0.0654 e. The van der Waals surface area contributed by atoms with Gasteiger partial charge in [-0.15, -0.1) is 0 Å². The van der Waals surface area contributed by atoms with Gasteiger partial charge in [0.05, 0.1) is 0 Å². The monoisotopic (exact) mass is 494 g/mol. The summed E-state index contributed by atoms with van der Waals surface area (Å²) in [4.78, 5) is 0. The molecule has 0 nitrogen and oxygen atoms in total. The zero-order chi connectivity index (χ0) is 25.7. The zero-order valence-corrected chi connectivity index (χ0v) is 22.6. The number of hydrogen-bond acceptors (Lipinski definition) is 0. The quantitative estimate of drug-likeness (QED) is 0.131. The molecule has 0 heteroatoms. The molecule has 38 heavy (non-hydrogen) atoms. The van der Waals surface area contributed by atoms with Crippen LogP contribution in [0.2, 0.25) is 0 Å². The first-order chi connectivity index (χ1) is 18.8. The van der Waals surface area contributed by atoms with Crippen molar-refractivity contribution in [2.24, 2.45) is 0 Å². The zero-order valence-electron chi connectivity index (χ0n) is 22.6. The molecule has 0 aliphatic carbocycles. The number of benzene rings is 6. The lowest BCUT2D eigenvalue weighted by molar-refractivity contribution is 0.562. The molecule has 6 aromatic carbocycles. The second-order valence-corrected chi connectivity index (χ2v) is 10.9. The highest BCUT2D eigenvalue weighted by Gasteiger charge is 2.23. The van der Waals surface area contributed by atoms with Crippen molar-refractivity contribution in [3.8, 4) is 0 Å². The minimum atomic E-state index is 0.331. The number of fused-ring (bicyclic) bond motifs is 4. The predicted octanol–water partition coefficient (Wildman–Crippen LogP) is 11.6. The van der Waals surface area contributed by atoms with Crippen molar-refractivity contribution in [2.45, 2.75) is 64.2 Å². The number of unbranched alkanes of at least 4 members (excludes halogenated alkanes) is 6. The highest BCUT2D eigenvalue weighted by molar-refractivity contribution is 6.07. The Morgan fingerprint density at radius 1 is 0.421 bits per heavy atom. The van der Waals surface area contributed by atoms with Crippen LogP contribution < -0.4 is 0 Å². The fourth-order valence-electron chi connectivity index (χ4n) is 6.59. The third-order valence-electron chi connectivity index (χ3n) is 8.42. The van der Waals surface area contributed by atoms with E-state index in [1.807, 2.05) is 0 Å². The van der Waals surface area contributed by atoms with Gasteiger partial charge in [-0.2, -0.15) is 0 Å². The van der Waals surface area contributed by atoms with Crippen LogP contribution in [0.25, 0.3) is 43.1 Å². The van der Waals surface area contributed by atoms with Crippen LogP contribution in [0, 0.1) is 0 Å². The molecule has 0 heterocycles. The topological polar surface area (TPSA) is 0 Å². The summed E-state index contributed by atoms with van der Waals surface area (Å²) in [6.07, 6.45) is 10.5. The molecular weight excluding hydrogens is 456 g/mol. The molecule has 0 aliphatic heterocycles. The van der Waals surface area contributed by atoms with E-state index in [-0.39, 0.29) is 0 Å². The van der Waals surface area contributed by atoms with Crippen molar-refractivity contribution in [1.29, 1.82) is 0 Å². The smallest absolute Gasteiger partial charge is 0.0114 e. The minimum absolute atomic E-state index is 0.331. The van der Waals surface area contributed by atoms with Crippen molar-refractivity contribution in [3.05, 3.63) is 120 Å². The highest BCUT2D eigenvalue weighted by atomic mass is 14.3. The van der Waals surface area contributed by atoms with E-state index in [2.05, 4.69) is 116 Å². The Morgan fingerprint density at radius 3 is 1.16 bits per heavy atom. The van der Waals surface area contributed by atoms with Gasteiger partial charge in [0.25, 0.3) is 0 Å². The van der Waals surface area contributed by atoms with Crippen LogP contribution in [0.15, 0.2) is 109 Å². The maximum Gasteiger partial charge on any atom is 0.0114 e. The van der Waals surface area contributed by atoms with E-state index in [0.717, 1.165) is 0 Å². The van der Waals surface area contributed by atoms with Crippen molar-refractivity contribution < 1.29 is 0 Å². The Hall–Kier alpha value is -3.64. The molecule has 0 fully saturated rings. The Bertz CT molecular complexity index is 1460. The molecule has 6 aromatic rings. The highest BCUT2D eigenvalue weighted by Crippen LogP contribution is 2.44. The first-order valence-electron chi connectivity index (χ1n) is 14.7. The SMILES string of the molecule is CCCCCCCCCC(c1c2ccccc2cc2ccccc12)c1c2ccccc2cc2ccccc12. The van der Waals surface area contributed by atoms with E-state index in [1.165, 1.54) is 106 Å². The Morgan fingerprint density at radius 2 is 0.763 bits per heavy atom. The molecule has 190 valence electrons. The molecule has 0 spiro atoms. The molecule has 0 amide bonds. The lowest BCUT2D eigenvalue weighted by atomic mass is 9.78. The van der Waals surface area contributed by atoms with Gasteiger partial charge >= 0.3 is 0 Å². The van der Waals surface area contributed by atoms with Crippen LogP contribution in [-0.2, 0) is 0 Å². The van der Waals surface area contributed by atoms with Crippen molar-refractivity contribution in [1.82, 2.24) is 0 Å². The first-order valence-corrected chi connectivity index (χ1v) is 14.7. The van der Waals surface area contributed by atoms with Gasteiger partial charge in [-0.3, -0.25) is 0 Å². The normalized spacial score (nSPS) is 11.8. The summed E-state index contributed by atoms with van der Waals surface area (Å²) in [5, 5.41) is 11.0. The first kappa shape index (κ1) is 24.7. The molecule has 0 unspecified atom stereocenters. The maximum absolute atomic E-state index is 2.38. The summed E-state index contributed by atoms with van der Waals surface area (Å²) in [5.41, 5.74) is 3.01. The third kappa shape index (κ3) is 4.81. The van der Waals surface area contributed by atoms with Crippen LogP contribution in [0.5, 0.6) is 0 Å². The van der Waals surface area contributed by atoms with E-state index < -0.39 is 0 Å². The van der Waals surface area contributed by atoms with Gasteiger partial charge in [0.15, 0.2) is 0 Å². The number of hydrogen-bond donors (Lipinski definition) is 0. The lowest BCUT2D eigenvalue weighted by Gasteiger charge is -2.26. The standard InChI is InChI=1S/C38H38/c1-2-3-4-5-6-7-8-25-36(37-32-21-13-9-17-28(32)26-29-18-10-14-22-33(29)37)38-34-23-15-11-19-30(34)27-31-20-12-16-24-35(31)38/h9-24,26-27,36H,2-8,25H2,1H3. The van der Waals surface area contributed by atoms with Crippen LogP contribution in [0.4, 0.5) is 0 Å². The van der Waals surface area contributed by atoms with E-state index >= 15 is 0 Å². The Balaban J connectivity index is 1.56. The molecule has 0 N–H and O–H groups in total. The van der Waals surface area contributed by atoms with Crippen LogP contribution >= 0.6 is 0 Å². The third-order valence-corrected chi connectivity index (χ3v) is 8.42. The Kier molecular flexibility index (Phi) is 7.40. The van der Waals surface area contributed by atoms with Gasteiger partial charge in [0, 0.05) is 5.92 Å². The van der Waals surface area contributed by atoms with E-state index in [0.29, 0.717) is 5.92 Å². The fraction of sp³-hybridized carbons (Fsp3) is 0.263. The summed E-state index contributed by atoms with van der Waals surface area (Å²) in [6, 6.07) is 40.9. The van der Waals surface area contributed by atoms with Gasteiger partial charge in [0.1, 0.15) is 0 Å². The molecule has 0 aliphatic rings. The maximum atomic E-state index is 2.38. The average Bonchev–Trinajstić information content (AvgIpc) is 2.97. The van der Waals surface area contributed by atoms with Crippen LogP contribution in [-0.4, -0.2) is 0 Å². The molecule has 0 saturated carbocycles. The molecule has 0 saturated heterocycles.